The predicted octanol–water partition coefficient (Wildman–Crippen LogP) is 5.41. The number of carbonyl (C=O) groups is 1. The third-order valence-electron chi connectivity index (χ3n) is 4.11. The Hall–Kier alpha value is -1.51. The van der Waals surface area contributed by atoms with Crippen molar-refractivity contribution in [2.45, 2.75) is 77.7 Å². The van der Waals surface area contributed by atoms with E-state index in [0.29, 0.717) is 6.54 Å². The van der Waals surface area contributed by atoms with Crippen LogP contribution in [0, 0.1) is 0 Å². The van der Waals surface area contributed by atoms with Crippen LogP contribution < -0.4 is 10.6 Å². The van der Waals surface area contributed by atoms with Crippen LogP contribution in [0.15, 0.2) is 30.3 Å². The van der Waals surface area contributed by atoms with E-state index in [4.69, 9.17) is 0 Å². The van der Waals surface area contributed by atoms with Gasteiger partial charge in [0.15, 0.2) is 0 Å². The lowest BCUT2D eigenvalue weighted by Crippen LogP contribution is -2.35. The van der Waals surface area contributed by atoms with Gasteiger partial charge in [-0.25, -0.2) is 4.79 Å². The maximum absolute atomic E-state index is 11.7. The van der Waals surface area contributed by atoms with E-state index in [1.807, 2.05) is 30.3 Å². The zero-order chi connectivity index (χ0) is 16.6. The number of nitrogens with one attached hydrogen (secondary N) is 2. The van der Waals surface area contributed by atoms with Crippen molar-refractivity contribution in [1.82, 2.24) is 10.6 Å². The van der Waals surface area contributed by atoms with Crippen LogP contribution in [0.4, 0.5) is 4.79 Å². The van der Waals surface area contributed by atoms with Crippen LogP contribution in [0.3, 0.4) is 0 Å². The fourth-order valence-electron chi connectivity index (χ4n) is 2.66. The van der Waals surface area contributed by atoms with Crippen LogP contribution in [0.5, 0.6) is 0 Å². The topological polar surface area (TPSA) is 41.1 Å². The Morgan fingerprint density at radius 3 is 1.96 bits per heavy atom. The van der Waals surface area contributed by atoms with Crippen molar-refractivity contribution in [2.24, 2.45) is 0 Å². The lowest BCUT2D eigenvalue weighted by atomic mass is 10.1. The molecule has 0 aliphatic carbocycles. The molecule has 0 radical (unpaired) electrons. The van der Waals surface area contributed by atoms with Gasteiger partial charge < -0.3 is 10.6 Å². The molecule has 0 aliphatic rings. The third-order valence-corrected chi connectivity index (χ3v) is 4.11. The van der Waals surface area contributed by atoms with Gasteiger partial charge in [0.1, 0.15) is 0 Å². The number of rotatable bonds is 13. The summed E-state index contributed by atoms with van der Waals surface area (Å²) in [7, 11) is 0. The van der Waals surface area contributed by atoms with E-state index in [9.17, 15) is 4.79 Å². The Kier molecular flexibility index (Phi) is 12.0. The normalized spacial score (nSPS) is 10.5. The molecular formula is C20H34N2O. The molecule has 0 unspecified atom stereocenters. The minimum atomic E-state index is -0.0650. The molecule has 0 spiro atoms. The first kappa shape index (κ1) is 19.5. The molecule has 0 bridgehead atoms. The molecule has 0 saturated heterocycles. The van der Waals surface area contributed by atoms with E-state index in [1.165, 1.54) is 57.8 Å². The molecule has 1 aromatic carbocycles. The Labute approximate surface area is 142 Å². The molecular weight excluding hydrogens is 284 g/mol. The first-order chi connectivity index (χ1) is 11.3. The van der Waals surface area contributed by atoms with Gasteiger partial charge in [0.05, 0.1) is 0 Å². The summed E-state index contributed by atoms with van der Waals surface area (Å²) in [6.07, 6.45) is 13.2. The summed E-state index contributed by atoms with van der Waals surface area (Å²) < 4.78 is 0. The van der Waals surface area contributed by atoms with E-state index in [-0.39, 0.29) is 6.03 Å². The molecule has 3 heteroatoms. The second kappa shape index (κ2) is 14.1. The summed E-state index contributed by atoms with van der Waals surface area (Å²) in [6.45, 7) is 3.62. The standard InChI is InChI=1S/C20H34N2O/c1-2-3-4-5-6-7-8-9-10-14-17-21-20(23)22-18-19-15-12-11-13-16-19/h11-13,15-16H,2-10,14,17-18H2,1H3,(H2,21,22,23). The number of amides is 2. The smallest absolute Gasteiger partial charge is 0.315 e. The van der Waals surface area contributed by atoms with Crippen molar-refractivity contribution < 1.29 is 4.79 Å². The second-order valence-corrected chi connectivity index (χ2v) is 6.28. The minimum absolute atomic E-state index is 0.0650. The van der Waals surface area contributed by atoms with Crippen molar-refractivity contribution in [2.75, 3.05) is 6.54 Å². The highest BCUT2D eigenvalue weighted by atomic mass is 16.2. The molecule has 0 aromatic heterocycles. The van der Waals surface area contributed by atoms with Gasteiger partial charge in [0.25, 0.3) is 0 Å². The molecule has 0 fully saturated rings. The zero-order valence-electron chi connectivity index (χ0n) is 14.8. The van der Waals surface area contributed by atoms with Gasteiger partial charge in [-0.15, -0.1) is 0 Å². The quantitative estimate of drug-likeness (QED) is 0.469. The second-order valence-electron chi connectivity index (χ2n) is 6.28. The number of unbranched alkanes of at least 4 members (excludes halogenated alkanes) is 9. The Balaban J connectivity index is 1.84. The fraction of sp³-hybridized carbons (Fsp3) is 0.650. The van der Waals surface area contributed by atoms with Crippen molar-refractivity contribution in [3.63, 3.8) is 0 Å². The molecule has 23 heavy (non-hydrogen) atoms. The molecule has 2 amide bonds. The highest BCUT2D eigenvalue weighted by molar-refractivity contribution is 5.73. The van der Waals surface area contributed by atoms with Crippen LogP contribution in [0.25, 0.3) is 0 Å². The van der Waals surface area contributed by atoms with Crippen molar-refractivity contribution in [3.05, 3.63) is 35.9 Å². The van der Waals surface area contributed by atoms with Gasteiger partial charge in [-0.2, -0.15) is 0 Å². The molecule has 130 valence electrons. The van der Waals surface area contributed by atoms with Crippen molar-refractivity contribution in [1.29, 1.82) is 0 Å². The molecule has 1 rings (SSSR count). The summed E-state index contributed by atoms with van der Waals surface area (Å²) in [5.74, 6) is 0. The van der Waals surface area contributed by atoms with Crippen LogP contribution >= 0.6 is 0 Å². The van der Waals surface area contributed by atoms with Crippen molar-refractivity contribution >= 4 is 6.03 Å². The average molecular weight is 319 g/mol. The minimum Gasteiger partial charge on any atom is -0.338 e. The molecule has 1 aromatic rings. The highest BCUT2D eigenvalue weighted by Gasteiger charge is 1.99. The zero-order valence-corrected chi connectivity index (χ0v) is 14.8. The largest absolute Gasteiger partial charge is 0.338 e. The number of benzene rings is 1. The molecule has 0 saturated carbocycles. The number of carbonyl (C=O) groups excluding carboxylic acids is 1. The summed E-state index contributed by atoms with van der Waals surface area (Å²) in [4.78, 5) is 11.7. The van der Waals surface area contributed by atoms with Gasteiger partial charge in [-0.3, -0.25) is 0 Å². The maximum atomic E-state index is 11.7. The van der Waals surface area contributed by atoms with Gasteiger partial charge in [0.2, 0.25) is 0 Å². The summed E-state index contributed by atoms with van der Waals surface area (Å²) in [5.41, 5.74) is 1.13. The predicted molar refractivity (Wildman–Crippen MR) is 98.5 cm³/mol. The van der Waals surface area contributed by atoms with E-state index < -0.39 is 0 Å². The lowest BCUT2D eigenvalue weighted by molar-refractivity contribution is 0.240. The van der Waals surface area contributed by atoms with Gasteiger partial charge in [-0.1, -0.05) is 95.0 Å². The third kappa shape index (κ3) is 11.7. The number of hydrogen-bond acceptors (Lipinski definition) is 1. The molecule has 3 nitrogen and oxygen atoms in total. The molecule has 2 N–H and O–H groups in total. The first-order valence-electron chi connectivity index (χ1n) is 9.38. The van der Waals surface area contributed by atoms with E-state index in [2.05, 4.69) is 17.6 Å². The molecule has 0 atom stereocenters. The fourth-order valence-corrected chi connectivity index (χ4v) is 2.66. The molecule has 0 heterocycles. The SMILES string of the molecule is CCCCCCCCCCCCNC(=O)NCc1ccccc1. The first-order valence-corrected chi connectivity index (χ1v) is 9.38. The highest BCUT2D eigenvalue weighted by Crippen LogP contribution is 2.10. The van der Waals surface area contributed by atoms with Crippen LogP contribution in [-0.2, 0) is 6.54 Å². The molecule has 0 aliphatic heterocycles. The van der Waals surface area contributed by atoms with Crippen molar-refractivity contribution in [3.8, 4) is 0 Å². The Morgan fingerprint density at radius 2 is 1.35 bits per heavy atom. The summed E-state index contributed by atoms with van der Waals surface area (Å²) in [6, 6.07) is 9.92. The van der Waals surface area contributed by atoms with E-state index >= 15 is 0 Å². The van der Waals surface area contributed by atoms with Gasteiger partial charge in [-0.05, 0) is 12.0 Å². The summed E-state index contributed by atoms with van der Waals surface area (Å²) in [5, 5.41) is 5.81. The Bertz CT molecular complexity index is 392. The van der Waals surface area contributed by atoms with Crippen LogP contribution in [0.1, 0.15) is 76.7 Å². The van der Waals surface area contributed by atoms with Crippen LogP contribution in [-0.4, -0.2) is 12.6 Å². The maximum Gasteiger partial charge on any atom is 0.315 e. The van der Waals surface area contributed by atoms with Gasteiger partial charge in [0, 0.05) is 13.1 Å². The van der Waals surface area contributed by atoms with Gasteiger partial charge >= 0.3 is 6.03 Å². The van der Waals surface area contributed by atoms with E-state index in [0.717, 1.165) is 18.5 Å². The van der Waals surface area contributed by atoms with E-state index in [1.54, 1.807) is 0 Å². The average Bonchev–Trinajstić information content (AvgIpc) is 2.59. The number of urea groups is 1. The number of hydrogen-bond donors (Lipinski definition) is 2. The Morgan fingerprint density at radius 1 is 0.783 bits per heavy atom. The van der Waals surface area contributed by atoms with Crippen LogP contribution in [0.2, 0.25) is 0 Å². The summed E-state index contributed by atoms with van der Waals surface area (Å²) >= 11 is 0. The monoisotopic (exact) mass is 318 g/mol. The lowest BCUT2D eigenvalue weighted by Gasteiger charge is -2.07.